The van der Waals surface area contributed by atoms with Gasteiger partial charge in [-0.3, -0.25) is 14.9 Å². The first-order valence-corrected chi connectivity index (χ1v) is 10.9. The highest BCUT2D eigenvalue weighted by Crippen LogP contribution is 2.26. The lowest BCUT2D eigenvalue weighted by Crippen LogP contribution is -2.48. The van der Waals surface area contributed by atoms with Crippen molar-refractivity contribution < 1.29 is 18.1 Å². The highest BCUT2D eigenvalue weighted by atomic mass is 35.5. The van der Waals surface area contributed by atoms with Crippen LogP contribution in [0.3, 0.4) is 0 Å². The minimum atomic E-state index is -4.01. The first-order chi connectivity index (χ1) is 13.8. The van der Waals surface area contributed by atoms with E-state index in [-0.39, 0.29) is 23.0 Å². The molecule has 1 fully saturated rings. The third-order valence-corrected chi connectivity index (χ3v) is 6.88. The fourth-order valence-corrected chi connectivity index (χ4v) is 4.94. The summed E-state index contributed by atoms with van der Waals surface area (Å²) in [5.74, 6) is -0.345. The predicted octanol–water partition coefficient (Wildman–Crippen LogP) is 3.11. The molecule has 10 heteroatoms. The third kappa shape index (κ3) is 4.92. The average molecular weight is 438 g/mol. The second-order valence-electron chi connectivity index (χ2n) is 6.73. The lowest BCUT2D eigenvalue weighted by Gasteiger charge is -2.29. The highest BCUT2D eigenvalue weighted by Gasteiger charge is 2.36. The van der Waals surface area contributed by atoms with Gasteiger partial charge in [-0.15, -0.1) is 0 Å². The summed E-state index contributed by atoms with van der Waals surface area (Å²) in [5, 5.41) is 14.0. The van der Waals surface area contributed by atoms with Gasteiger partial charge in [0.15, 0.2) is 0 Å². The molecule has 1 unspecified atom stereocenters. The summed E-state index contributed by atoms with van der Waals surface area (Å²) < 4.78 is 27.9. The van der Waals surface area contributed by atoms with E-state index in [1.165, 1.54) is 48.5 Å². The Hall–Kier alpha value is -2.49. The van der Waals surface area contributed by atoms with E-state index in [9.17, 15) is 23.3 Å². The number of hydrogen-bond acceptors (Lipinski definition) is 5. The van der Waals surface area contributed by atoms with E-state index in [1.807, 2.05) is 0 Å². The van der Waals surface area contributed by atoms with Gasteiger partial charge in [-0.1, -0.05) is 23.7 Å². The molecule has 0 aromatic heterocycles. The SMILES string of the molecule is O=C1NCCCCC1N(Cc1ccc([N+](=O)[O-])cc1)S(=O)(=O)c1ccc(Cl)cc1. The van der Waals surface area contributed by atoms with Crippen LogP contribution in [-0.2, 0) is 21.4 Å². The number of benzene rings is 2. The van der Waals surface area contributed by atoms with Gasteiger partial charge in [-0.25, -0.2) is 8.42 Å². The van der Waals surface area contributed by atoms with Gasteiger partial charge >= 0.3 is 0 Å². The fourth-order valence-electron chi connectivity index (χ4n) is 3.21. The standard InChI is InChI=1S/C19H20ClN3O5S/c20-15-6-10-17(11-7-15)29(27,28)22(18-3-1-2-12-21-19(18)24)13-14-4-8-16(9-5-14)23(25)26/h4-11,18H,1-3,12-13H2,(H,21,24). The van der Waals surface area contributed by atoms with Crippen LogP contribution in [-0.4, -0.2) is 36.1 Å². The molecule has 1 aliphatic heterocycles. The zero-order valence-corrected chi connectivity index (χ0v) is 17.0. The topological polar surface area (TPSA) is 110 Å². The molecule has 1 heterocycles. The highest BCUT2D eigenvalue weighted by molar-refractivity contribution is 7.89. The van der Waals surface area contributed by atoms with Crippen molar-refractivity contribution in [3.8, 4) is 0 Å². The number of rotatable bonds is 6. The number of non-ortho nitro benzene ring substituents is 1. The number of hydrogen-bond donors (Lipinski definition) is 1. The Morgan fingerprint density at radius 3 is 2.38 bits per heavy atom. The van der Waals surface area contributed by atoms with Crippen LogP contribution in [0.25, 0.3) is 0 Å². The monoisotopic (exact) mass is 437 g/mol. The molecule has 1 aliphatic rings. The molecule has 154 valence electrons. The van der Waals surface area contributed by atoms with Crippen molar-refractivity contribution in [2.24, 2.45) is 0 Å². The second kappa shape index (κ2) is 8.89. The van der Waals surface area contributed by atoms with Crippen LogP contribution in [0.15, 0.2) is 53.4 Å². The molecule has 3 rings (SSSR count). The zero-order chi connectivity index (χ0) is 21.0. The smallest absolute Gasteiger partial charge is 0.269 e. The molecule has 0 saturated carbocycles. The first-order valence-electron chi connectivity index (χ1n) is 9.07. The summed E-state index contributed by atoms with van der Waals surface area (Å²) >= 11 is 5.88. The van der Waals surface area contributed by atoms with Crippen LogP contribution in [0, 0.1) is 10.1 Å². The number of nitrogens with zero attached hydrogens (tertiary/aromatic N) is 2. The minimum Gasteiger partial charge on any atom is -0.355 e. The Balaban J connectivity index is 1.99. The van der Waals surface area contributed by atoms with Gasteiger partial charge in [0.2, 0.25) is 15.9 Å². The van der Waals surface area contributed by atoms with E-state index in [4.69, 9.17) is 11.6 Å². The maximum absolute atomic E-state index is 13.4. The van der Waals surface area contributed by atoms with Gasteiger partial charge in [-0.2, -0.15) is 4.31 Å². The van der Waals surface area contributed by atoms with Crippen LogP contribution in [0.4, 0.5) is 5.69 Å². The lowest BCUT2D eigenvalue weighted by atomic mass is 10.1. The van der Waals surface area contributed by atoms with E-state index >= 15 is 0 Å². The molecule has 0 bridgehead atoms. The van der Waals surface area contributed by atoms with E-state index in [2.05, 4.69) is 5.32 Å². The van der Waals surface area contributed by atoms with Gasteiger partial charge in [0.25, 0.3) is 5.69 Å². The Labute approximate surface area is 173 Å². The normalized spacial score (nSPS) is 17.6. The Kier molecular flexibility index (Phi) is 6.51. The molecule has 0 radical (unpaired) electrons. The summed E-state index contributed by atoms with van der Waals surface area (Å²) in [6.07, 6.45) is 1.87. The van der Waals surface area contributed by atoms with Crippen molar-refractivity contribution in [1.82, 2.24) is 9.62 Å². The van der Waals surface area contributed by atoms with Crippen molar-refractivity contribution in [1.29, 1.82) is 0 Å². The molecule has 1 amide bonds. The molecule has 8 nitrogen and oxygen atoms in total. The Morgan fingerprint density at radius 2 is 1.76 bits per heavy atom. The number of carbonyl (C=O) groups is 1. The molecular formula is C19H20ClN3O5S. The van der Waals surface area contributed by atoms with Crippen LogP contribution >= 0.6 is 11.6 Å². The zero-order valence-electron chi connectivity index (χ0n) is 15.5. The van der Waals surface area contributed by atoms with E-state index in [0.717, 1.165) is 10.7 Å². The van der Waals surface area contributed by atoms with E-state index in [0.29, 0.717) is 30.0 Å². The van der Waals surface area contributed by atoms with E-state index in [1.54, 1.807) is 0 Å². The van der Waals surface area contributed by atoms with Gasteiger partial charge in [0, 0.05) is 30.2 Å². The number of carbonyl (C=O) groups excluding carboxylic acids is 1. The Morgan fingerprint density at radius 1 is 1.10 bits per heavy atom. The molecule has 0 aliphatic carbocycles. The number of nitro benzene ring substituents is 1. The van der Waals surface area contributed by atoms with Crippen LogP contribution in [0.2, 0.25) is 5.02 Å². The minimum absolute atomic E-state index is 0.0286. The lowest BCUT2D eigenvalue weighted by molar-refractivity contribution is -0.384. The number of amides is 1. The van der Waals surface area contributed by atoms with Gasteiger partial charge in [0.1, 0.15) is 6.04 Å². The van der Waals surface area contributed by atoms with E-state index < -0.39 is 21.0 Å². The van der Waals surface area contributed by atoms with Crippen LogP contribution < -0.4 is 5.32 Å². The molecular weight excluding hydrogens is 418 g/mol. The maximum Gasteiger partial charge on any atom is 0.269 e. The summed E-state index contributed by atoms with van der Waals surface area (Å²) in [6.45, 7) is 0.419. The number of nitrogens with one attached hydrogen (secondary N) is 1. The summed E-state index contributed by atoms with van der Waals surface area (Å²) in [6, 6.07) is 10.5. The van der Waals surface area contributed by atoms with Crippen LogP contribution in [0.1, 0.15) is 24.8 Å². The molecule has 1 saturated heterocycles. The van der Waals surface area contributed by atoms with Gasteiger partial charge in [-0.05, 0) is 49.1 Å². The summed E-state index contributed by atoms with van der Waals surface area (Å²) in [7, 11) is -4.01. The molecule has 1 atom stereocenters. The van der Waals surface area contributed by atoms with Crippen molar-refractivity contribution in [2.75, 3.05) is 6.54 Å². The molecule has 29 heavy (non-hydrogen) atoms. The van der Waals surface area contributed by atoms with Gasteiger partial charge < -0.3 is 5.32 Å². The van der Waals surface area contributed by atoms with Crippen LogP contribution in [0.5, 0.6) is 0 Å². The molecule has 0 spiro atoms. The number of sulfonamides is 1. The summed E-state index contributed by atoms with van der Waals surface area (Å²) in [5.41, 5.74) is 0.457. The van der Waals surface area contributed by atoms with Crippen molar-refractivity contribution in [3.05, 3.63) is 69.2 Å². The van der Waals surface area contributed by atoms with Crippen molar-refractivity contribution in [2.45, 2.75) is 36.7 Å². The maximum atomic E-state index is 13.4. The second-order valence-corrected chi connectivity index (χ2v) is 9.06. The molecule has 2 aromatic rings. The molecule has 1 N–H and O–H groups in total. The number of nitro groups is 1. The fraction of sp³-hybridized carbons (Fsp3) is 0.316. The largest absolute Gasteiger partial charge is 0.355 e. The predicted molar refractivity (Wildman–Crippen MR) is 108 cm³/mol. The quantitative estimate of drug-likeness (QED) is 0.551. The average Bonchev–Trinajstić information content (AvgIpc) is 2.91. The number of halogens is 1. The first kappa shape index (κ1) is 21.2. The van der Waals surface area contributed by atoms with Crippen molar-refractivity contribution in [3.63, 3.8) is 0 Å². The Bertz CT molecular complexity index is 994. The van der Waals surface area contributed by atoms with Gasteiger partial charge in [0.05, 0.1) is 9.82 Å². The summed E-state index contributed by atoms with van der Waals surface area (Å²) in [4.78, 5) is 23.0. The third-order valence-electron chi connectivity index (χ3n) is 4.76. The van der Waals surface area contributed by atoms with Crippen molar-refractivity contribution >= 4 is 33.2 Å². The molecule has 2 aromatic carbocycles.